The molecule has 2 fully saturated rings. The summed E-state index contributed by atoms with van der Waals surface area (Å²) >= 11 is 0. The number of hydrogen-bond donors (Lipinski definition) is 1. The minimum Gasteiger partial charge on any atom is -0.328 e. The molecule has 2 rings (SSSR count). The maximum absolute atomic E-state index is 6.02. The molecule has 14 heavy (non-hydrogen) atoms. The van der Waals surface area contributed by atoms with Crippen LogP contribution in [-0.4, -0.2) is 55.1 Å². The van der Waals surface area contributed by atoms with Crippen molar-refractivity contribution < 1.29 is 0 Å². The zero-order chi connectivity index (χ0) is 9.97. The minimum atomic E-state index is 0.466. The van der Waals surface area contributed by atoms with Gasteiger partial charge in [-0.3, -0.25) is 4.90 Å². The molecule has 0 spiro atoms. The van der Waals surface area contributed by atoms with Gasteiger partial charge in [-0.1, -0.05) is 6.42 Å². The van der Waals surface area contributed by atoms with Crippen LogP contribution in [0.25, 0.3) is 0 Å². The molecule has 1 aliphatic carbocycles. The summed E-state index contributed by atoms with van der Waals surface area (Å²) in [5.74, 6) is 0. The smallest absolute Gasteiger partial charge is 0.0113 e. The van der Waals surface area contributed by atoms with Gasteiger partial charge >= 0.3 is 0 Å². The number of nitrogens with two attached hydrogens (primary N) is 1. The van der Waals surface area contributed by atoms with Crippen molar-refractivity contribution in [1.82, 2.24) is 9.80 Å². The van der Waals surface area contributed by atoms with Crippen LogP contribution in [0.3, 0.4) is 0 Å². The Labute approximate surface area is 87.2 Å². The van der Waals surface area contributed by atoms with Crippen molar-refractivity contribution in [2.24, 2.45) is 5.73 Å². The molecule has 1 saturated heterocycles. The number of rotatable bonds is 1. The zero-order valence-corrected chi connectivity index (χ0v) is 9.28. The summed E-state index contributed by atoms with van der Waals surface area (Å²) in [5.41, 5.74) is 6.02. The molecule has 82 valence electrons. The summed E-state index contributed by atoms with van der Waals surface area (Å²) in [4.78, 5) is 5.07. The van der Waals surface area contributed by atoms with E-state index < -0.39 is 0 Å². The lowest BCUT2D eigenvalue weighted by Crippen LogP contribution is -2.51. The Hall–Kier alpha value is -0.120. The maximum atomic E-state index is 6.02. The highest BCUT2D eigenvalue weighted by Gasteiger charge is 2.26. The third-order valence-electron chi connectivity index (χ3n) is 3.74. The molecule has 0 radical (unpaired) electrons. The number of nitrogens with zero attached hydrogens (tertiary/aromatic N) is 2. The summed E-state index contributed by atoms with van der Waals surface area (Å²) in [7, 11) is 2.21. The Bertz CT molecular complexity index is 175. The summed E-state index contributed by atoms with van der Waals surface area (Å²) in [6.45, 7) is 4.94. The quantitative estimate of drug-likeness (QED) is 0.664. The van der Waals surface area contributed by atoms with Gasteiger partial charge < -0.3 is 10.6 Å². The lowest BCUT2D eigenvalue weighted by molar-refractivity contribution is 0.0869. The van der Waals surface area contributed by atoms with Gasteiger partial charge in [0.05, 0.1) is 0 Å². The SMILES string of the molecule is CN1CCN([C@H]2CCCC(N)C2)CC1. The van der Waals surface area contributed by atoms with Crippen LogP contribution in [0.1, 0.15) is 25.7 Å². The second-order valence-corrected chi connectivity index (χ2v) is 4.92. The first kappa shape index (κ1) is 10.4. The summed E-state index contributed by atoms with van der Waals surface area (Å²) in [5, 5.41) is 0. The second kappa shape index (κ2) is 4.60. The van der Waals surface area contributed by atoms with E-state index in [4.69, 9.17) is 5.73 Å². The molecule has 3 nitrogen and oxygen atoms in total. The number of piperazine rings is 1. The Morgan fingerprint density at radius 3 is 2.43 bits per heavy atom. The molecule has 0 aromatic carbocycles. The van der Waals surface area contributed by atoms with Crippen LogP contribution in [0, 0.1) is 0 Å². The molecule has 0 aromatic heterocycles. The largest absolute Gasteiger partial charge is 0.328 e. The van der Waals surface area contributed by atoms with Crippen molar-refractivity contribution in [2.45, 2.75) is 37.8 Å². The lowest BCUT2D eigenvalue weighted by atomic mass is 9.90. The average Bonchev–Trinajstić information content (AvgIpc) is 2.19. The van der Waals surface area contributed by atoms with E-state index in [1.54, 1.807) is 0 Å². The van der Waals surface area contributed by atoms with Gasteiger partial charge in [-0.2, -0.15) is 0 Å². The highest BCUT2D eigenvalue weighted by atomic mass is 15.3. The number of hydrogen-bond acceptors (Lipinski definition) is 3. The van der Waals surface area contributed by atoms with Gasteiger partial charge in [-0.25, -0.2) is 0 Å². The summed E-state index contributed by atoms with van der Waals surface area (Å²) in [6.07, 6.45) is 5.17. The normalized spacial score (nSPS) is 37.3. The van der Waals surface area contributed by atoms with Gasteiger partial charge in [-0.15, -0.1) is 0 Å². The van der Waals surface area contributed by atoms with Gasteiger partial charge in [0.1, 0.15) is 0 Å². The number of likely N-dealkylation sites (N-methyl/N-ethyl adjacent to an activating group) is 1. The molecule has 0 amide bonds. The molecule has 1 saturated carbocycles. The van der Waals surface area contributed by atoms with Crippen LogP contribution in [0.2, 0.25) is 0 Å². The second-order valence-electron chi connectivity index (χ2n) is 4.92. The monoisotopic (exact) mass is 197 g/mol. The van der Waals surface area contributed by atoms with Crippen LogP contribution >= 0.6 is 0 Å². The van der Waals surface area contributed by atoms with Crippen molar-refractivity contribution in [3.05, 3.63) is 0 Å². The van der Waals surface area contributed by atoms with Crippen LogP contribution in [0.5, 0.6) is 0 Å². The summed E-state index contributed by atoms with van der Waals surface area (Å²) < 4.78 is 0. The predicted octanol–water partition coefficient (Wildman–Crippen LogP) is 0.504. The van der Waals surface area contributed by atoms with E-state index in [1.807, 2.05) is 0 Å². The van der Waals surface area contributed by atoms with Crippen LogP contribution in [0.4, 0.5) is 0 Å². The molecule has 2 N–H and O–H groups in total. The predicted molar refractivity (Wildman–Crippen MR) is 59.3 cm³/mol. The summed E-state index contributed by atoms with van der Waals surface area (Å²) in [6, 6.07) is 1.25. The van der Waals surface area contributed by atoms with E-state index in [0.717, 1.165) is 6.04 Å². The van der Waals surface area contributed by atoms with Crippen molar-refractivity contribution in [3.8, 4) is 0 Å². The zero-order valence-electron chi connectivity index (χ0n) is 9.28. The molecule has 2 aliphatic rings. The van der Waals surface area contributed by atoms with E-state index in [9.17, 15) is 0 Å². The first-order valence-electron chi connectivity index (χ1n) is 5.94. The third-order valence-corrected chi connectivity index (χ3v) is 3.74. The molecule has 1 heterocycles. The van der Waals surface area contributed by atoms with Gasteiger partial charge in [0, 0.05) is 38.3 Å². The van der Waals surface area contributed by atoms with E-state index >= 15 is 0 Å². The van der Waals surface area contributed by atoms with E-state index in [-0.39, 0.29) is 0 Å². The molecule has 1 aliphatic heterocycles. The van der Waals surface area contributed by atoms with Gasteiger partial charge in [0.25, 0.3) is 0 Å². The van der Waals surface area contributed by atoms with Crippen LogP contribution in [-0.2, 0) is 0 Å². The average molecular weight is 197 g/mol. The van der Waals surface area contributed by atoms with Crippen LogP contribution in [0.15, 0.2) is 0 Å². The third kappa shape index (κ3) is 2.47. The fraction of sp³-hybridized carbons (Fsp3) is 1.00. The lowest BCUT2D eigenvalue weighted by Gasteiger charge is -2.40. The molecular weight excluding hydrogens is 174 g/mol. The maximum Gasteiger partial charge on any atom is 0.0113 e. The molecule has 3 heteroatoms. The topological polar surface area (TPSA) is 32.5 Å². The van der Waals surface area contributed by atoms with Crippen molar-refractivity contribution >= 4 is 0 Å². The van der Waals surface area contributed by atoms with Gasteiger partial charge in [0.2, 0.25) is 0 Å². The molecular formula is C11H23N3. The Kier molecular flexibility index (Phi) is 3.42. The molecule has 1 unspecified atom stereocenters. The van der Waals surface area contributed by atoms with Crippen molar-refractivity contribution in [3.63, 3.8) is 0 Å². The van der Waals surface area contributed by atoms with E-state index in [2.05, 4.69) is 16.8 Å². The Morgan fingerprint density at radius 1 is 1.07 bits per heavy atom. The molecule has 0 aromatic rings. The van der Waals surface area contributed by atoms with Gasteiger partial charge in [0.15, 0.2) is 0 Å². The van der Waals surface area contributed by atoms with E-state index in [0.29, 0.717) is 6.04 Å². The standard InChI is InChI=1S/C11H23N3/c1-13-5-7-14(8-6-13)11-4-2-3-10(12)9-11/h10-11H,2-9,12H2,1H3/t10?,11-/m0/s1. The first-order valence-corrected chi connectivity index (χ1v) is 5.94. The van der Waals surface area contributed by atoms with E-state index in [1.165, 1.54) is 51.9 Å². The molecule has 0 bridgehead atoms. The first-order chi connectivity index (χ1) is 6.75. The Morgan fingerprint density at radius 2 is 1.79 bits per heavy atom. The Balaban J connectivity index is 1.82. The van der Waals surface area contributed by atoms with Crippen LogP contribution < -0.4 is 5.73 Å². The fourth-order valence-electron chi connectivity index (χ4n) is 2.72. The fourth-order valence-corrected chi connectivity index (χ4v) is 2.72. The highest BCUT2D eigenvalue weighted by molar-refractivity contribution is 4.84. The minimum absolute atomic E-state index is 0.466. The van der Waals surface area contributed by atoms with Crippen molar-refractivity contribution in [2.75, 3.05) is 33.2 Å². The highest BCUT2D eigenvalue weighted by Crippen LogP contribution is 2.22. The van der Waals surface area contributed by atoms with Gasteiger partial charge in [-0.05, 0) is 26.3 Å². The van der Waals surface area contributed by atoms with Crippen molar-refractivity contribution in [1.29, 1.82) is 0 Å². The molecule has 2 atom stereocenters.